The van der Waals surface area contributed by atoms with Crippen molar-refractivity contribution in [2.45, 2.75) is 33.6 Å². The molecular formula is C13H18Hf-4. The van der Waals surface area contributed by atoms with E-state index in [1.807, 2.05) is 12.2 Å². The summed E-state index contributed by atoms with van der Waals surface area (Å²) in [5.74, 6) is 0. The summed E-state index contributed by atoms with van der Waals surface area (Å²) in [5, 5.41) is 0. The van der Waals surface area contributed by atoms with Gasteiger partial charge in [-0.2, -0.15) is 17.2 Å². The second-order valence-electron chi connectivity index (χ2n) is 3.39. The van der Waals surface area contributed by atoms with Crippen LogP contribution in [0.4, 0.5) is 0 Å². The number of rotatable bonds is 0. The zero-order chi connectivity index (χ0) is 9.68. The van der Waals surface area contributed by atoms with Crippen molar-refractivity contribution in [2.24, 2.45) is 0 Å². The van der Waals surface area contributed by atoms with Gasteiger partial charge in [0.05, 0.1) is 0 Å². The number of hydrogen-bond acceptors (Lipinski definition) is 0. The van der Waals surface area contributed by atoms with Crippen LogP contribution in [0.3, 0.4) is 0 Å². The fourth-order valence-corrected chi connectivity index (χ4v) is 1.19. The van der Waals surface area contributed by atoms with Crippen LogP contribution in [0.15, 0.2) is 34.9 Å². The van der Waals surface area contributed by atoms with Crippen molar-refractivity contribution in [2.75, 3.05) is 0 Å². The van der Waals surface area contributed by atoms with Gasteiger partial charge in [-0.15, -0.1) is 19.8 Å². The molecule has 0 heterocycles. The number of allylic oxidation sites excluding steroid dienone is 8. The molecule has 0 amide bonds. The third-order valence-corrected chi connectivity index (χ3v) is 2.41. The van der Waals surface area contributed by atoms with E-state index < -0.39 is 0 Å². The van der Waals surface area contributed by atoms with Gasteiger partial charge in [0.1, 0.15) is 0 Å². The average Bonchev–Trinajstić information content (AvgIpc) is 2.75. The van der Waals surface area contributed by atoms with Crippen molar-refractivity contribution in [1.82, 2.24) is 0 Å². The Morgan fingerprint density at radius 3 is 2.14 bits per heavy atom. The predicted octanol–water partition coefficient (Wildman–Crippen LogP) is 4.00. The molecule has 0 aromatic carbocycles. The summed E-state index contributed by atoms with van der Waals surface area (Å²) in [6.07, 6.45) is 14.3. The van der Waals surface area contributed by atoms with Gasteiger partial charge in [0.2, 0.25) is 0 Å². The van der Waals surface area contributed by atoms with Crippen molar-refractivity contribution in [1.29, 1.82) is 0 Å². The Bertz CT molecular complexity index is 284. The molecule has 0 atom stereocenters. The van der Waals surface area contributed by atoms with Crippen molar-refractivity contribution in [3.8, 4) is 0 Å². The summed E-state index contributed by atoms with van der Waals surface area (Å²) in [4.78, 5) is 0. The van der Waals surface area contributed by atoms with Crippen molar-refractivity contribution in [3.63, 3.8) is 0 Å². The predicted molar refractivity (Wildman–Crippen MR) is 59.2 cm³/mol. The van der Waals surface area contributed by atoms with Crippen LogP contribution in [-0.2, 0) is 25.8 Å². The molecule has 0 aliphatic heterocycles. The molecule has 0 radical (unpaired) electrons. The average molecular weight is 353 g/mol. The van der Waals surface area contributed by atoms with Gasteiger partial charge in [-0.25, -0.2) is 17.7 Å². The van der Waals surface area contributed by atoms with E-state index >= 15 is 0 Å². The van der Waals surface area contributed by atoms with E-state index in [-0.39, 0.29) is 28.7 Å². The SMILES string of the molecule is CC1=[C-]CC(C)=C1C.[C-]1=CC=CC1.[H-].[H-].[Hf]. The van der Waals surface area contributed by atoms with Crippen LogP contribution < -0.4 is 0 Å². The zero-order valence-corrected chi connectivity index (χ0v) is 12.7. The first-order valence-electron chi connectivity index (χ1n) is 4.67. The second-order valence-corrected chi connectivity index (χ2v) is 3.39. The Hall–Kier alpha value is -0.170. The fourth-order valence-electron chi connectivity index (χ4n) is 1.19. The molecule has 0 N–H and O–H groups in total. The third-order valence-electron chi connectivity index (χ3n) is 2.41. The maximum atomic E-state index is 3.26. The molecule has 0 fully saturated rings. The van der Waals surface area contributed by atoms with Gasteiger partial charge in [-0.1, -0.05) is 13.8 Å². The molecule has 2 aliphatic rings. The van der Waals surface area contributed by atoms with Crippen LogP contribution in [-0.4, -0.2) is 0 Å². The molecule has 0 spiro atoms. The van der Waals surface area contributed by atoms with Gasteiger partial charge >= 0.3 is 0 Å². The zero-order valence-electron chi connectivity index (χ0n) is 11.1. The van der Waals surface area contributed by atoms with Crippen LogP contribution in [0.1, 0.15) is 36.5 Å². The Kier molecular flexibility index (Phi) is 7.08. The minimum Gasteiger partial charge on any atom is -1.00 e. The van der Waals surface area contributed by atoms with E-state index in [0.717, 1.165) is 12.8 Å². The summed E-state index contributed by atoms with van der Waals surface area (Å²) in [5.41, 5.74) is 4.25. The van der Waals surface area contributed by atoms with Crippen LogP contribution >= 0.6 is 0 Å². The Labute approximate surface area is 109 Å². The Morgan fingerprint density at radius 2 is 2.00 bits per heavy atom. The molecule has 0 aromatic heterocycles. The Morgan fingerprint density at radius 1 is 1.29 bits per heavy atom. The van der Waals surface area contributed by atoms with Gasteiger partial charge in [0.15, 0.2) is 0 Å². The summed E-state index contributed by atoms with van der Waals surface area (Å²) in [6.45, 7) is 6.44. The first-order chi connectivity index (χ1) is 6.22. The van der Waals surface area contributed by atoms with E-state index in [1.54, 1.807) is 0 Å². The van der Waals surface area contributed by atoms with E-state index in [0.29, 0.717) is 0 Å². The molecule has 2 aliphatic carbocycles. The molecule has 0 saturated carbocycles. The second kappa shape index (κ2) is 7.17. The molecular weight excluding hydrogens is 335 g/mol. The molecule has 0 saturated heterocycles. The first kappa shape index (κ1) is 13.8. The fraction of sp³-hybridized carbons (Fsp3) is 0.385. The molecule has 14 heavy (non-hydrogen) atoms. The molecule has 0 aromatic rings. The van der Waals surface area contributed by atoms with Gasteiger partial charge in [0, 0.05) is 25.8 Å². The quantitative estimate of drug-likeness (QED) is 0.456. The van der Waals surface area contributed by atoms with Crippen molar-refractivity contribution < 1.29 is 28.7 Å². The maximum Gasteiger partial charge on any atom is 0 e. The maximum absolute atomic E-state index is 3.26. The molecule has 1 heteroatoms. The van der Waals surface area contributed by atoms with E-state index in [2.05, 4.69) is 39.0 Å². The minimum absolute atomic E-state index is 0. The minimum atomic E-state index is 0. The van der Waals surface area contributed by atoms with Crippen molar-refractivity contribution in [3.05, 3.63) is 47.1 Å². The van der Waals surface area contributed by atoms with Gasteiger partial charge in [-0.3, -0.25) is 12.2 Å². The summed E-state index contributed by atoms with van der Waals surface area (Å²) in [7, 11) is 0. The van der Waals surface area contributed by atoms with Crippen LogP contribution in [0.2, 0.25) is 0 Å². The molecule has 0 nitrogen and oxygen atoms in total. The van der Waals surface area contributed by atoms with Crippen LogP contribution in [0.5, 0.6) is 0 Å². The molecule has 0 unspecified atom stereocenters. The molecule has 2 rings (SSSR count). The monoisotopic (exact) mass is 354 g/mol. The molecule has 78 valence electrons. The summed E-state index contributed by atoms with van der Waals surface area (Å²) in [6, 6.07) is 0. The number of hydrogen-bond donors (Lipinski definition) is 0. The summed E-state index contributed by atoms with van der Waals surface area (Å²) >= 11 is 0. The van der Waals surface area contributed by atoms with Gasteiger partial charge in [0.25, 0.3) is 0 Å². The molecule has 0 bridgehead atoms. The van der Waals surface area contributed by atoms with E-state index in [1.165, 1.54) is 16.7 Å². The standard InChI is InChI=1S/C8H11.C5H5.Hf.2H/c1-6-4-5-7(2)8(6)3;1-2-4-5-3-1;;;/h4H2,1-3H3;1-3H,4H2;;;/q2*-1;;2*-1. The summed E-state index contributed by atoms with van der Waals surface area (Å²) < 4.78 is 0. The largest absolute Gasteiger partial charge is 1.00 e. The third kappa shape index (κ3) is 4.36. The van der Waals surface area contributed by atoms with Crippen LogP contribution in [0, 0.1) is 12.2 Å². The van der Waals surface area contributed by atoms with Crippen molar-refractivity contribution >= 4 is 0 Å². The normalized spacial score (nSPS) is 17.5. The topological polar surface area (TPSA) is 0 Å². The van der Waals surface area contributed by atoms with E-state index in [4.69, 9.17) is 0 Å². The van der Waals surface area contributed by atoms with Crippen LogP contribution in [0.25, 0.3) is 0 Å². The van der Waals surface area contributed by atoms with E-state index in [9.17, 15) is 0 Å². The smallest absolute Gasteiger partial charge is 0 e. The van der Waals surface area contributed by atoms with Gasteiger partial charge < -0.3 is 2.85 Å². The van der Waals surface area contributed by atoms with Gasteiger partial charge in [-0.05, 0) is 0 Å². The first-order valence-corrected chi connectivity index (χ1v) is 4.67. The Balaban J connectivity index is -0.000000189.